The molecule has 0 unspecified atom stereocenters. The number of rotatable bonds is 6. The SMILES string of the molecule is COC(=O)CCc1ccc(O)c(N=Nc2ccc(Br)cc2[N+](=O)[O-])c1C(C)(C)C. The smallest absolute Gasteiger partial charge is 0.305 e. The Morgan fingerprint density at radius 1 is 1.24 bits per heavy atom. The number of ether oxygens (including phenoxy) is 1. The summed E-state index contributed by atoms with van der Waals surface area (Å²) in [6.07, 6.45) is 0.583. The van der Waals surface area contributed by atoms with Crippen LogP contribution in [0.3, 0.4) is 0 Å². The van der Waals surface area contributed by atoms with Gasteiger partial charge in [0.05, 0.1) is 12.0 Å². The highest BCUT2D eigenvalue weighted by Crippen LogP contribution is 2.42. The lowest BCUT2D eigenvalue weighted by Crippen LogP contribution is -2.15. The average Bonchev–Trinajstić information content (AvgIpc) is 2.65. The van der Waals surface area contributed by atoms with Crippen molar-refractivity contribution in [2.24, 2.45) is 10.2 Å². The van der Waals surface area contributed by atoms with Crippen molar-refractivity contribution < 1.29 is 19.6 Å². The molecule has 8 nitrogen and oxygen atoms in total. The summed E-state index contributed by atoms with van der Waals surface area (Å²) in [5, 5.41) is 29.9. The molecule has 0 aliphatic heterocycles. The van der Waals surface area contributed by atoms with Gasteiger partial charge in [-0.15, -0.1) is 10.2 Å². The van der Waals surface area contributed by atoms with Gasteiger partial charge in [0.2, 0.25) is 0 Å². The highest BCUT2D eigenvalue weighted by Gasteiger charge is 2.25. The third-order valence-electron chi connectivity index (χ3n) is 4.21. The topological polar surface area (TPSA) is 114 Å². The number of halogens is 1. The van der Waals surface area contributed by atoms with Gasteiger partial charge in [-0.25, -0.2) is 0 Å². The lowest BCUT2D eigenvalue weighted by Gasteiger charge is -2.25. The summed E-state index contributed by atoms with van der Waals surface area (Å²) in [5.74, 6) is -0.438. The molecule has 0 fully saturated rings. The van der Waals surface area contributed by atoms with Crippen LogP contribution < -0.4 is 0 Å². The number of benzene rings is 2. The minimum atomic E-state index is -0.545. The van der Waals surface area contributed by atoms with Gasteiger partial charge in [0.15, 0.2) is 5.69 Å². The first-order valence-corrected chi connectivity index (χ1v) is 9.61. The van der Waals surface area contributed by atoms with Gasteiger partial charge in [0, 0.05) is 17.0 Å². The van der Waals surface area contributed by atoms with Gasteiger partial charge in [-0.1, -0.05) is 42.8 Å². The number of nitro groups is 1. The molecule has 0 aromatic heterocycles. The molecule has 29 heavy (non-hydrogen) atoms. The number of hydrogen-bond acceptors (Lipinski definition) is 7. The lowest BCUT2D eigenvalue weighted by molar-refractivity contribution is -0.384. The number of carbonyl (C=O) groups is 1. The van der Waals surface area contributed by atoms with Crippen molar-refractivity contribution in [2.45, 2.75) is 39.0 Å². The number of aromatic hydroxyl groups is 1. The van der Waals surface area contributed by atoms with Crippen molar-refractivity contribution >= 4 is 39.0 Å². The number of aryl methyl sites for hydroxylation is 1. The first-order valence-electron chi connectivity index (χ1n) is 8.82. The van der Waals surface area contributed by atoms with Crippen LogP contribution in [0.1, 0.15) is 38.3 Å². The predicted octanol–water partition coefficient (Wildman–Crippen LogP) is 5.88. The van der Waals surface area contributed by atoms with Crippen molar-refractivity contribution in [3.05, 3.63) is 56.0 Å². The van der Waals surface area contributed by atoms with Gasteiger partial charge in [0.1, 0.15) is 11.4 Å². The van der Waals surface area contributed by atoms with Crippen LogP contribution >= 0.6 is 15.9 Å². The maximum absolute atomic E-state index is 11.6. The van der Waals surface area contributed by atoms with Crippen molar-refractivity contribution in [3.8, 4) is 5.75 Å². The summed E-state index contributed by atoms with van der Waals surface area (Å²) in [6.45, 7) is 5.85. The molecule has 0 bridgehead atoms. The Bertz CT molecular complexity index is 967. The van der Waals surface area contributed by atoms with E-state index in [-0.39, 0.29) is 35.2 Å². The van der Waals surface area contributed by atoms with E-state index in [2.05, 4.69) is 26.2 Å². The number of hydrogen-bond donors (Lipinski definition) is 1. The van der Waals surface area contributed by atoms with Crippen LogP contribution in [0.5, 0.6) is 5.75 Å². The molecule has 2 aromatic carbocycles. The predicted molar refractivity (Wildman–Crippen MR) is 112 cm³/mol. The van der Waals surface area contributed by atoms with Crippen LogP contribution in [0, 0.1) is 10.1 Å². The molecule has 0 radical (unpaired) electrons. The number of carbonyl (C=O) groups excluding carboxylic acids is 1. The van der Waals surface area contributed by atoms with Gasteiger partial charge in [-0.2, -0.15) is 0 Å². The number of esters is 1. The molecule has 0 aliphatic rings. The van der Waals surface area contributed by atoms with Gasteiger partial charge < -0.3 is 9.84 Å². The van der Waals surface area contributed by atoms with E-state index in [1.165, 1.54) is 25.3 Å². The van der Waals surface area contributed by atoms with E-state index < -0.39 is 10.3 Å². The van der Waals surface area contributed by atoms with Crippen molar-refractivity contribution in [1.82, 2.24) is 0 Å². The third-order valence-corrected chi connectivity index (χ3v) is 4.70. The second-order valence-electron chi connectivity index (χ2n) is 7.38. The zero-order valence-corrected chi connectivity index (χ0v) is 18.2. The van der Waals surface area contributed by atoms with Crippen LogP contribution in [-0.4, -0.2) is 23.1 Å². The zero-order valence-electron chi connectivity index (χ0n) is 16.6. The molecule has 2 rings (SSSR count). The monoisotopic (exact) mass is 463 g/mol. The maximum atomic E-state index is 11.6. The first-order chi connectivity index (χ1) is 13.5. The summed E-state index contributed by atoms with van der Waals surface area (Å²) in [7, 11) is 1.33. The number of nitro benzene ring substituents is 1. The van der Waals surface area contributed by atoms with E-state index in [4.69, 9.17) is 4.74 Å². The molecule has 0 spiro atoms. The first kappa shape index (κ1) is 22.5. The van der Waals surface area contributed by atoms with E-state index in [9.17, 15) is 20.0 Å². The fraction of sp³-hybridized carbons (Fsp3) is 0.350. The molecular formula is C20H22BrN3O5. The summed E-state index contributed by atoms with van der Waals surface area (Å²) < 4.78 is 5.25. The average molecular weight is 464 g/mol. The molecule has 0 saturated heterocycles. The Labute approximate surface area is 176 Å². The van der Waals surface area contributed by atoms with Crippen molar-refractivity contribution in [2.75, 3.05) is 7.11 Å². The summed E-state index contributed by atoms with van der Waals surface area (Å²) >= 11 is 3.20. The van der Waals surface area contributed by atoms with Crippen LogP contribution in [-0.2, 0) is 21.4 Å². The largest absolute Gasteiger partial charge is 0.506 e. The van der Waals surface area contributed by atoms with Gasteiger partial charge in [-0.3, -0.25) is 14.9 Å². The second kappa shape index (κ2) is 9.13. The number of methoxy groups -OCH3 is 1. The van der Waals surface area contributed by atoms with Crippen LogP contribution in [0.4, 0.5) is 17.1 Å². The molecule has 0 heterocycles. The molecular weight excluding hydrogens is 442 g/mol. The van der Waals surface area contributed by atoms with Crippen LogP contribution in [0.15, 0.2) is 45.0 Å². The van der Waals surface area contributed by atoms with Gasteiger partial charge >= 0.3 is 5.97 Å². The van der Waals surface area contributed by atoms with Crippen molar-refractivity contribution in [1.29, 1.82) is 0 Å². The highest BCUT2D eigenvalue weighted by molar-refractivity contribution is 9.10. The number of phenolic OH excluding ortho intramolecular Hbond substituents is 1. The summed E-state index contributed by atoms with van der Waals surface area (Å²) in [4.78, 5) is 22.3. The highest BCUT2D eigenvalue weighted by atomic mass is 79.9. The van der Waals surface area contributed by atoms with Gasteiger partial charge in [0.25, 0.3) is 5.69 Å². The molecule has 0 aliphatic carbocycles. The number of nitrogens with zero attached hydrogens (tertiary/aromatic N) is 3. The van der Waals surface area contributed by atoms with Crippen LogP contribution in [0.2, 0.25) is 0 Å². The second-order valence-corrected chi connectivity index (χ2v) is 8.30. The Hall–Kier alpha value is -2.81. The van der Waals surface area contributed by atoms with Gasteiger partial charge in [-0.05, 0) is 41.2 Å². The van der Waals surface area contributed by atoms with E-state index in [0.717, 1.165) is 5.56 Å². The Kier molecular flexibility index (Phi) is 7.07. The molecule has 9 heteroatoms. The molecule has 0 amide bonds. The minimum Gasteiger partial charge on any atom is -0.506 e. The summed E-state index contributed by atoms with van der Waals surface area (Å²) in [6, 6.07) is 7.65. The maximum Gasteiger partial charge on any atom is 0.305 e. The number of azo groups is 1. The quantitative estimate of drug-likeness (QED) is 0.248. The summed E-state index contributed by atoms with van der Waals surface area (Å²) in [5.41, 5.74) is 1.19. The molecule has 1 N–H and O–H groups in total. The molecule has 154 valence electrons. The van der Waals surface area contributed by atoms with E-state index in [1.54, 1.807) is 12.1 Å². The molecule has 0 saturated carbocycles. The fourth-order valence-electron chi connectivity index (χ4n) is 2.94. The minimum absolute atomic E-state index is 0.0671. The Balaban J connectivity index is 2.56. The van der Waals surface area contributed by atoms with E-state index in [0.29, 0.717) is 16.5 Å². The molecule has 2 aromatic rings. The zero-order chi connectivity index (χ0) is 21.8. The molecule has 0 atom stereocenters. The third kappa shape index (κ3) is 5.60. The Morgan fingerprint density at radius 2 is 1.93 bits per heavy atom. The normalized spacial score (nSPS) is 11.6. The van der Waals surface area contributed by atoms with E-state index in [1.807, 2.05) is 20.8 Å². The number of phenols is 1. The standard InChI is InChI=1S/C20H22BrN3O5/c1-20(2,3)18-12(6-10-17(26)29-4)5-9-16(25)19(18)23-22-14-8-7-13(21)11-15(14)24(27)28/h5,7-9,11,25H,6,10H2,1-4H3. The van der Waals surface area contributed by atoms with Crippen LogP contribution in [0.25, 0.3) is 0 Å². The lowest BCUT2D eigenvalue weighted by atomic mass is 9.81. The Morgan fingerprint density at radius 3 is 2.52 bits per heavy atom. The fourth-order valence-corrected chi connectivity index (χ4v) is 3.29. The van der Waals surface area contributed by atoms with E-state index >= 15 is 0 Å². The van der Waals surface area contributed by atoms with Crippen molar-refractivity contribution in [3.63, 3.8) is 0 Å².